The highest BCUT2D eigenvalue weighted by atomic mass is 16.5. The Hall–Kier alpha value is -2.18. The van der Waals surface area contributed by atoms with Gasteiger partial charge in [0.15, 0.2) is 0 Å². The molecule has 0 bridgehead atoms. The fourth-order valence-electron chi connectivity index (χ4n) is 4.46. The van der Waals surface area contributed by atoms with Crippen LogP contribution in [0.4, 0.5) is 0 Å². The van der Waals surface area contributed by atoms with Crippen molar-refractivity contribution < 1.29 is 13.9 Å². The van der Waals surface area contributed by atoms with Crippen molar-refractivity contribution in [2.75, 3.05) is 33.4 Å². The van der Waals surface area contributed by atoms with Crippen molar-refractivity contribution in [1.82, 2.24) is 14.8 Å². The predicted octanol–water partition coefficient (Wildman–Crippen LogP) is 2.95. The summed E-state index contributed by atoms with van der Waals surface area (Å²) in [6.07, 6.45) is 5.68. The van der Waals surface area contributed by atoms with Gasteiger partial charge in [0.2, 0.25) is 11.8 Å². The van der Waals surface area contributed by atoms with Crippen molar-refractivity contribution in [1.29, 1.82) is 0 Å². The molecule has 2 aromatic rings. The maximum absolute atomic E-state index is 13.3. The van der Waals surface area contributed by atoms with Gasteiger partial charge in [0.1, 0.15) is 11.8 Å². The fourth-order valence-corrected chi connectivity index (χ4v) is 4.46. The van der Waals surface area contributed by atoms with Gasteiger partial charge in [0.05, 0.1) is 12.3 Å². The monoisotopic (exact) mass is 369 g/mol. The molecule has 4 rings (SSSR count). The molecule has 1 atom stereocenters. The number of oxazole rings is 1. The predicted molar refractivity (Wildman–Crippen MR) is 102 cm³/mol. The summed E-state index contributed by atoms with van der Waals surface area (Å²) in [5.74, 6) is 0.894. The quantitative estimate of drug-likeness (QED) is 0.784. The summed E-state index contributed by atoms with van der Waals surface area (Å²) in [5, 5.41) is 0. The Kier molecular flexibility index (Phi) is 5.27. The van der Waals surface area contributed by atoms with Crippen LogP contribution in [0.1, 0.15) is 31.4 Å². The minimum Gasteiger partial charge on any atom is -0.444 e. The number of hydrogen-bond acceptors (Lipinski definition) is 5. The highest BCUT2D eigenvalue weighted by Crippen LogP contribution is 2.39. The maximum Gasteiger partial charge on any atom is 0.243 e. The second kappa shape index (κ2) is 7.82. The number of rotatable bonds is 6. The minimum atomic E-state index is -0.377. The SMILES string of the molecule is COCCN1CCCC2(CCCN2Cc2coc(-c3ccccc3)n2)C1=O. The standard InChI is InChI=1S/C21H27N3O3/c1-26-14-13-23-11-5-9-21(20(23)25)10-6-12-24(21)15-18-16-27-19(22-18)17-7-3-2-4-8-17/h2-4,7-8,16H,5-6,9-15H2,1H3. The molecule has 1 spiro atoms. The first kappa shape index (κ1) is 18.2. The molecule has 1 amide bonds. The molecule has 2 fully saturated rings. The summed E-state index contributed by atoms with van der Waals surface area (Å²) in [6.45, 7) is 3.68. The number of carbonyl (C=O) groups is 1. The molecule has 144 valence electrons. The summed E-state index contributed by atoms with van der Waals surface area (Å²) in [7, 11) is 1.68. The first-order chi connectivity index (χ1) is 13.2. The van der Waals surface area contributed by atoms with Crippen molar-refractivity contribution in [2.45, 2.75) is 37.8 Å². The van der Waals surface area contributed by atoms with Gasteiger partial charge in [0, 0.05) is 32.3 Å². The lowest BCUT2D eigenvalue weighted by Gasteiger charge is -2.44. The fraction of sp³-hybridized carbons (Fsp3) is 0.524. The number of nitrogens with zero attached hydrogens (tertiary/aromatic N) is 3. The van der Waals surface area contributed by atoms with Gasteiger partial charge in [-0.1, -0.05) is 18.2 Å². The Morgan fingerprint density at radius 2 is 1.96 bits per heavy atom. The average molecular weight is 369 g/mol. The summed E-state index contributed by atoms with van der Waals surface area (Å²) >= 11 is 0. The highest BCUT2D eigenvalue weighted by molar-refractivity contribution is 5.87. The van der Waals surface area contributed by atoms with Crippen LogP contribution >= 0.6 is 0 Å². The van der Waals surface area contributed by atoms with Crippen LogP contribution in [0.2, 0.25) is 0 Å². The van der Waals surface area contributed by atoms with Crippen molar-refractivity contribution >= 4 is 5.91 Å². The zero-order valence-electron chi connectivity index (χ0n) is 15.9. The molecule has 0 radical (unpaired) electrons. The molecule has 1 aromatic heterocycles. The van der Waals surface area contributed by atoms with Crippen LogP contribution < -0.4 is 0 Å². The van der Waals surface area contributed by atoms with Crippen molar-refractivity contribution in [3.05, 3.63) is 42.3 Å². The number of amides is 1. The van der Waals surface area contributed by atoms with Crippen molar-refractivity contribution in [3.8, 4) is 11.5 Å². The third-order valence-corrected chi connectivity index (χ3v) is 5.82. The minimum absolute atomic E-state index is 0.259. The van der Waals surface area contributed by atoms with E-state index in [4.69, 9.17) is 9.15 Å². The van der Waals surface area contributed by atoms with Crippen LogP contribution in [0.3, 0.4) is 0 Å². The lowest BCUT2D eigenvalue weighted by atomic mass is 9.85. The first-order valence-electron chi connectivity index (χ1n) is 9.76. The largest absolute Gasteiger partial charge is 0.444 e. The summed E-state index contributed by atoms with van der Waals surface area (Å²) < 4.78 is 10.9. The number of methoxy groups -OCH3 is 1. The van der Waals surface area contributed by atoms with Gasteiger partial charge in [-0.05, 0) is 44.4 Å². The smallest absolute Gasteiger partial charge is 0.243 e. The maximum atomic E-state index is 13.3. The second-order valence-corrected chi connectivity index (χ2v) is 7.46. The van der Waals surface area contributed by atoms with Crippen LogP contribution in [0, 0.1) is 0 Å². The number of hydrogen-bond donors (Lipinski definition) is 0. The molecule has 6 nitrogen and oxygen atoms in total. The molecule has 6 heteroatoms. The van der Waals surface area contributed by atoms with Gasteiger partial charge < -0.3 is 14.1 Å². The van der Waals surface area contributed by atoms with E-state index in [9.17, 15) is 4.79 Å². The van der Waals surface area contributed by atoms with E-state index in [2.05, 4.69) is 9.88 Å². The van der Waals surface area contributed by atoms with Crippen molar-refractivity contribution in [2.24, 2.45) is 0 Å². The van der Waals surface area contributed by atoms with Gasteiger partial charge in [-0.2, -0.15) is 0 Å². The molecule has 3 heterocycles. The lowest BCUT2D eigenvalue weighted by molar-refractivity contribution is -0.148. The van der Waals surface area contributed by atoms with Crippen molar-refractivity contribution in [3.63, 3.8) is 0 Å². The molecule has 1 unspecified atom stereocenters. The Morgan fingerprint density at radius 3 is 2.74 bits per heavy atom. The highest BCUT2D eigenvalue weighted by Gasteiger charge is 2.50. The number of benzene rings is 1. The molecule has 1 aromatic carbocycles. The van der Waals surface area contributed by atoms with E-state index in [1.165, 1.54) is 0 Å². The number of piperidine rings is 1. The molecule has 2 aliphatic heterocycles. The van der Waals surface area contributed by atoms with E-state index in [0.717, 1.165) is 50.0 Å². The molecule has 2 aliphatic rings. The van der Waals surface area contributed by atoms with Gasteiger partial charge in [-0.3, -0.25) is 9.69 Å². The molecule has 2 saturated heterocycles. The van der Waals surface area contributed by atoms with E-state index in [-0.39, 0.29) is 11.4 Å². The van der Waals surface area contributed by atoms with E-state index >= 15 is 0 Å². The number of ether oxygens (including phenoxy) is 1. The topological polar surface area (TPSA) is 58.8 Å². The summed E-state index contributed by atoms with van der Waals surface area (Å²) in [5.41, 5.74) is 1.48. The Labute approximate surface area is 160 Å². The number of carbonyl (C=O) groups excluding carboxylic acids is 1. The normalized spacial score (nSPS) is 23.4. The summed E-state index contributed by atoms with van der Waals surface area (Å²) in [6, 6.07) is 9.91. The first-order valence-corrected chi connectivity index (χ1v) is 9.76. The van der Waals surface area contributed by atoms with Gasteiger partial charge >= 0.3 is 0 Å². The molecule has 0 N–H and O–H groups in total. The van der Waals surface area contributed by atoms with Crippen LogP contribution in [0.5, 0.6) is 0 Å². The van der Waals surface area contributed by atoms with E-state index in [1.54, 1.807) is 13.4 Å². The van der Waals surface area contributed by atoms with Gasteiger partial charge in [0.25, 0.3) is 0 Å². The lowest BCUT2D eigenvalue weighted by Crippen LogP contribution is -2.60. The Balaban J connectivity index is 1.50. The second-order valence-electron chi connectivity index (χ2n) is 7.46. The number of likely N-dealkylation sites (tertiary alicyclic amines) is 2. The summed E-state index contributed by atoms with van der Waals surface area (Å²) in [4.78, 5) is 22.2. The molecule has 27 heavy (non-hydrogen) atoms. The number of aromatic nitrogens is 1. The molecular formula is C21H27N3O3. The van der Waals surface area contributed by atoms with Crippen LogP contribution in [0.25, 0.3) is 11.5 Å². The van der Waals surface area contributed by atoms with Gasteiger partial charge in [-0.25, -0.2) is 4.98 Å². The zero-order valence-corrected chi connectivity index (χ0v) is 15.9. The van der Waals surface area contributed by atoms with Crippen LogP contribution in [-0.2, 0) is 16.1 Å². The molecule has 0 saturated carbocycles. The average Bonchev–Trinajstić information content (AvgIpc) is 3.32. The molecule has 0 aliphatic carbocycles. The Morgan fingerprint density at radius 1 is 1.19 bits per heavy atom. The third-order valence-electron chi connectivity index (χ3n) is 5.82. The third kappa shape index (κ3) is 3.51. The molecular weight excluding hydrogens is 342 g/mol. The van der Waals surface area contributed by atoms with Crippen LogP contribution in [-0.4, -0.2) is 59.6 Å². The Bertz CT molecular complexity index is 776. The van der Waals surface area contributed by atoms with E-state index in [0.29, 0.717) is 25.6 Å². The van der Waals surface area contributed by atoms with E-state index < -0.39 is 0 Å². The van der Waals surface area contributed by atoms with Crippen LogP contribution in [0.15, 0.2) is 41.0 Å². The van der Waals surface area contributed by atoms with Gasteiger partial charge in [-0.15, -0.1) is 0 Å². The zero-order chi connectivity index (χ0) is 18.7. The van der Waals surface area contributed by atoms with E-state index in [1.807, 2.05) is 35.2 Å².